The van der Waals surface area contributed by atoms with Gasteiger partial charge in [0.2, 0.25) is 5.82 Å². The molecule has 0 bridgehead atoms. The highest BCUT2D eigenvalue weighted by Crippen LogP contribution is 2.48. The van der Waals surface area contributed by atoms with Gasteiger partial charge in [0.15, 0.2) is 5.65 Å². The van der Waals surface area contributed by atoms with Crippen molar-refractivity contribution < 1.29 is 4.79 Å². The molecule has 2 aliphatic rings. The Morgan fingerprint density at radius 1 is 1.04 bits per heavy atom. The van der Waals surface area contributed by atoms with Crippen molar-refractivity contribution in [2.24, 2.45) is 5.41 Å². The summed E-state index contributed by atoms with van der Waals surface area (Å²) in [6.45, 7) is 1.58. The first-order valence-corrected chi connectivity index (χ1v) is 10.4. The van der Waals surface area contributed by atoms with Crippen LogP contribution in [0.25, 0.3) is 16.9 Å². The molecule has 5 rings (SSSR count). The molecule has 2 aromatic heterocycles. The molecule has 0 N–H and O–H groups in total. The predicted octanol–water partition coefficient (Wildman–Crippen LogP) is 5.13. The summed E-state index contributed by atoms with van der Waals surface area (Å²) < 4.78 is 1.79. The number of hydrogen-bond acceptors (Lipinski definition) is 3. The molecule has 1 spiro atoms. The third kappa shape index (κ3) is 2.88. The van der Waals surface area contributed by atoms with Crippen LogP contribution in [0.1, 0.15) is 42.7 Å². The van der Waals surface area contributed by atoms with Gasteiger partial charge in [-0.3, -0.25) is 9.36 Å². The van der Waals surface area contributed by atoms with E-state index in [4.69, 9.17) is 23.2 Å². The van der Waals surface area contributed by atoms with Gasteiger partial charge in [-0.1, -0.05) is 29.6 Å². The number of imidazole rings is 1. The van der Waals surface area contributed by atoms with Crippen LogP contribution >= 0.6 is 23.2 Å². The molecular weight excluding hydrogens is 395 g/mol. The van der Waals surface area contributed by atoms with Gasteiger partial charge in [-0.25, -0.2) is 9.97 Å². The molecule has 144 valence electrons. The highest BCUT2D eigenvalue weighted by Gasteiger charge is 2.41. The number of rotatable bonds is 2. The zero-order valence-electron chi connectivity index (χ0n) is 15.4. The van der Waals surface area contributed by atoms with Crippen LogP contribution in [0, 0.1) is 5.41 Å². The van der Waals surface area contributed by atoms with Gasteiger partial charge in [-0.05, 0) is 61.4 Å². The monoisotopic (exact) mass is 414 g/mol. The van der Waals surface area contributed by atoms with Gasteiger partial charge in [-0.15, -0.1) is 0 Å². The molecule has 1 aliphatic carbocycles. The molecule has 2 fully saturated rings. The Morgan fingerprint density at radius 2 is 1.82 bits per heavy atom. The van der Waals surface area contributed by atoms with Crippen molar-refractivity contribution in [3.05, 3.63) is 52.4 Å². The third-order valence-electron chi connectivity index (χ3n) is 6.29. The summed E-state index contributed by atoms with van der Waals surface area (Å²) in [6, 6.07) is 9.00. The molecule has 0 unspecified atom stereocenters. The number of nitrogens with zero attached hydrogens (tertiary/aromatic N) is 4. The smallest absolute Gasteiger partial charge is 0.290 e. The van der Waals surface area contributed by atoms with Gasteiger partial charge in [0.25, 0.3) is 5.91 Å². The van der Waals surface area contributed by atoms with Gasteiger partial charge < -0.3 is 4.90 Å². The largest absolute Gasteiger partial charge is 0.336 e. The topological polar surface area (TPSA) is 51.0 Å². The van der Waals surface area contributed by atoms with E-state index in [1.807, 2.05) is 23.1 Å². The number of carbonyl (C=O) groups is 1. The molecule has 3 aromatic rings. The Kier molecular flexibility index (Phi) is 4.33. The lowest BCUT2D eigenvalue weighted by Gasteiger charge is -2.47. The molecule has 28 heavy (non-hydrogen) atoms. The Balaban J connectivity index is 1.55. The van der Waals surface area contributed by atoms with E-state index < -0.39 is 0 Å². The molecule has 1 saturated heterocycles. The summed E-state index contributed by atoms with van der Waals surface area (Å²) in [7, 11) is 0. The van der Waals surface area contributed by atoms with Crippen LogP contribution in [-0.4, -0.2) is 38.4 Å². The lowest BCUT2D eigenvalue weighted by molar-refractivity contribution is 0.0278. The van der Waals surface area contributed by atoms with E-state index in [1.54, 1.807) is 22.9 Å². The minimum absolute atomic E-state index is 0.0572. The lowest BCUT2D eigenvalue weighted by atomic mass is 9.63. The van der Waals surface area contributed by atoms with Gasteiger partial charge in [-0.2, -0.15) is 0 Å². The number of likely N-dealkylation sites (tertiary alicyclic amines) is 1. The van der Waals surface area contributed by atoms with Gasteiger partial charge in [0.05, 0.1) is 15.7 Å². The van der Waals surface area contributed by atoms with Crippen LogP contribution in [0.15, 0.2) is 36.5 Å². The second kappa shape index (κ2) is 6.75. The molecule has 1 saturated carbocycles. The average Bonchev–Trinajstić information content (AvgIpc) is 3.08. The fourth-order valence-electron chi connectivity index (χ4n) is 4.43. The molecule has 1 amide bonds. The summed E-state index contributed by atoms with van der Waals surface area (Å²) in [5, 5.41) is 0.901. The first-order valence-electron chi connectivity index (χ1n) is 9.65. The molecule has 3 heterocycles. The summed E-state index contributed by atoms with van der Waals surface area (Å²) in [5.74, 6) is 0.315. The van der Waals surface area contributed by atoms with Crippen LogP contribution in [0.2, 0.25) is 10.0 Å². The van der Waals surface area contributed by atoms with E-state index in [1.165, 1.54) is 19.3 Å². The number of aromatic nitrogens is 3. The molecule has 7 heteroatoms. The maximum absolute atomic E-state index is 13.4. The number of piperidine rings is 1. The molecule has 1 aromatic carbocycles. The van der Waals surface area contributed by atoms with Crippen molar-refractivity contribution >= 4 is 40.3 Å². The van der Waals surface area contributed by atoms with Crippen molar-refractivity contribution in [3.63, 3.8) is 0 Å². The second-order valence-electron chi connectivity index (χ2n) is 7.86. The Hall–Kier alpha value is -2.11. The zero-order valence-corrected chi connectivity index (χ0v) is 16.9. The number of carbonyl (C=O) groups excluding carboxylic acids is 1. The third-order valence-corrected chi connectivity index (χ3v) is 7.03. The van der Waals surface area contributed by atoms with E-state index in [9.17, 15) is 4.79 Å². The predicted molar refractivity (Wildman–Crippen MR) is 110 cm³/mol. The summed E-state index contributed by atoms with van der Waals surface area (Å²) in [4.78, 5) is 24.4. The maximum Gasteiger partial charge on any atom is 0.290 e. The van der Waals surface area contributed by atoms with E-state index in [2.05, 4.69) is 9.97 Å². The fourth-order valence-corrected chi connectivity index (χ4v) is 4.72. The van der Waals surface area contributed by atoms with E-state index in [0.29, 0.717) is 32.4 Å². The highest BCUT2D eigenvalue weighted by molar-refractivity contribution is 6.42. The average molecular weight is 415 g/mol. The van der Waals surface area contributed by atoms with Gasteiger partial charge >= 0.3 is 0 Å². The number of amides is 1. The number of halogens is 2. The van der Waals surface area contributed by atoms with Crippen molar-refractivity contribution in [1.29, 1.82) is 0 Å². The van der Waals surface area contributed by atoms with Crippen LogP contribution < -0.4 is 0 Å². The van der Waals surface area contributed by atoms with Crippen molar-refractivity contribution in [2.75, 3.05) is 13.1 Å². The van der Waals surface area contributed by atoms with Crippen LogP contribution in [0.3, 0.4) is 0 Å². The number of pyridine rings is 1. The summed E-state index contributed by atoms with van der Waals surface area (Å²) >= 11 is 12.3. The quantitative estimate of drug-likeness (QED) is 0.583. The van der Waals surface area contributed by atoms with Crippen molar-refractivity contribution in [3.8, 4) is 5.69 Å². The first kappa shape index (κ1) is 18.0. The second-order valence-corrected chi connectivity index (χ2v) is 8.68. The molecule has 5 nitrogen and oxygen atoms in total. The Morgan fingerprint density at radius 3 is 2.50 bits per heavy atom. The summed E-state index contributed by atoms with van der Waals surface area (Å²) in [6.07, 6.45) is 7.82. The van der Waals surface area contributed by atoms with E-state index >= 15 is 0 Å². The standard InChI is InChI=1S/C21H20Cl2N4O/c22-15-5-4-14(13-16(15)23)27-18-17(3-1-10-24-18)25-19(27)20(28)26-11-8-21(9-12-26)6-2-7-21/h1,3-5,10,13H,2,6-9,11-12H2. The number of benzene rings is 1. The molecule has 0 radical (unpaired) electrons. The fraction of sp³-hybridized carbons (Fsp3) is 0.381. The van der Waals surface area contributed by atoms with Crippen LogP contribution in [0.4, 0.5) is 0 Å². The van der Waals surface area contributed by atoms with Gasteiger partial charge in [0.1, 0.15) is 5.52 Å². The lowest BCUT2D eigenvalue weighted by Crippen LogP contribution is -2.46. The summed E-state index contributed by atoms with van der Waals surface area (Å²) in [5.41, 5.74) is 2.54. The Bertz CT molecular complexity index is 1060. The van der Waals surface area contributed by atoms with Crippen molar-refractivity contribution in [2.45, 2.75) is 32.1 Å². The molecule has 1 aliphatic heterocycles. The molecular formula is C21H20Cl2N4O. The first-order chi connectivity index (χ1) is 13.6. The van der Waals surface area contributed by atoms with Crippen LogP contribution in [-0.2, 0) is 0 Å². The normalized spacial score (nSPS) is 18.4. The minimum Gasteiger partial charge on any atom is -0.336 e. The highest BCUT2D eigenvalue weighted by atomic mass is 35.5. The Labute approximate surface area is 173 Å². The zero-order chi connectivity index (χ0) is 19.3. The molecule has 0 atom stereocenters. The SMILES string of the molecule is O=C(c1nc2cccnc2n1-c1ccc(Cl)c(Cl)c1)N1CCC2(CCC2)CC1. The van der Waals surface area contributed by atoms with E-state index in [0.717, 1.165) is 31.6 Å². The minimum atomic E-state index is -0.0572. The number of fused-ring (bicyclic) bond motifs is 1. The van der Waals surface area contributed by atoms with E-state index in [-0.39, 0.29) is 5.91 Å². The van der Waals surface area contributed by atoms with Crippen molar-refractivity contribution in [1.82, 2.24) is 19.4 Å². The number of hydrogen-bond donors (Lipinski definition) is 0. The van der Waals surface area contributed by atoms with Crippen LogP contribution in [0.5, 0.6) is 0 Å². The maximum atomic E-state index is 13.4. The van der Waals surface area contributed by atoms with Gasteiger partial charge in [0, 0.05) is 19.3 Å².